The van der Waals surface area contributed by atoms with E-state index < -0.39 is 0 Å². The highest BCUT2D eigenvalue weighted by Crippen LogP contribution is 2.21. The van der Waals surface area contributed by atoms with Crippen LogP contribution in [0.1, 0.15) is 24.4 Å². The first kappa shape index (κ1) is 13.7. The average Bonchev–Trinajstić information content (AvgIpc) is 3.02. The Bertz CT molecular complexity index is 614. The first-order chi connectivity index (χ1) is 10.2. The van der Waals surface area contributed by atoms with Gasteiger partial charge in [0.1, 0.15) is 18.5 Å². The zero-order valence-electron chi connectivity index (χ0n) is 11.7. The Labute approximate surface area is 122 Å². The largest absolute Gasteiger partial charge is 0.340 e. The van der Waals surface area contributed by atoms with Crippen molar-refractivity contribution in [3.05, 3.63) is 48.3 Å². The van der Waals surface area contributed by atoms with Gasteiger partial charge in [-0.1, -0.05) is 12.1 Å². The van der Waals surface area contributed by atoms with Crippen LogP contribution in [-0.4, -0.2) is 38.7 Å². The lowest BCUT2D eigenvalue weighted by Crippen LogP contribution is -2.41. The van der Waals surface area contributed by atoms with E-state index >= 15 is 0 Å². The number of halogens is 1. The summed E-state index contributed by atoms with van der Waals surface area (Å²) in [7, 11) is 0. The summed E-state index contributed by atoms with van der Waals surface area (Å²) in [6, 6.07) is 6.39. The first-order valence-corrected chi connectivity index (χ1v) is 7.09. The standard InChI is InChI=1S/C15H17FN4O/c16-13-4-1-3-12(7-13)8-15(21)19-6-2-5-14(9-19)20-11-17-10-18-20/h1,3-4,7,10-11,14H,2,5-6,8-9H2. The highest BCUT2D eigenvalue weighted by Gasteiger charge is 2.25. The normalized spacial score (nSPS) is 18.7. The van der Waals surface area contributed by atoms with E-state index in [1.165, 1.54) is 18.5 Å². The SMILES string of the molecule is O=C(Cc1cccc(F)c1)N1CCCC(n2cncn2)C1. The van der Waals surface area contributed by atoms with E-state index in [-0.39, 0.29) is 24.2 Å². The van der Waals surface area contributed by atoms with Crippen molar-refractivity contribution >= 4 is 5.91 Å². The summed E-state index contributed by atoms with van der Waals surface area (Å²) in [6.07, 6.45) is 5.37. The van der Waals surface area contributed by atoms with Gasteiger partial charge in [0.15, 0.2) is 0 Å². The van der Waals surface area contributed by atoms with Gasteiger partial charge in [-0.15, -0.1) is 0 Å². The van der Waals surface area contributed by atoms with Gasteiger partial charge in [-0.05, 0) is 30.5 Å². The van der Waals surface area contributed by atoms with Gasteiger partial charge in [-0.3, -0.25) is 4.79 Å². The molecule has 0 saturated carbocycles. The van der Waals surface area contributed by atoms with Crippen LogP contribution in [0.3, 0.4) is 0 Å². The molecule has 1 aliphatic heterocycles. The molecule has 0 aliphatic carbocycles. The number of benzene rings is 1. The van der Waals surface area contributed by atoms with Gasteiger partial charge in [0.2, 0.25) is 5.91 Å². The maximum Gasteiger partial charge on any atom is 0.227 e. The Hall–Kier alpha value is -2.24. The zero-order valence-corrected chi connectivity index (χ0v) is 11.7. The predicted molar refractivity (Wildman–Crippen MR) is 75.0 cm³/mol. The quantitative estimate of drug-likeness (QED) is 0.865. The molecule has 0 bridgehead atoms. The molecule has 1 aliphatic rings. The molecular formula is C15H17FN4O. The number of carbonyl (C=O) groups excluding carboxylic acids is 1. The number of rotatable bonds is 3. The lowest BCUT2D eigenvalue weighted by atomic mass is 10.0. The van der Waals surface area contributed by atoms with E-state index in [1.807, 2.05) is 9.58 Å². The van der Waals surface area contributed by atoms with Crippen molar-refractivity contribution in [2.45, 2.75) is 25.3 Å². The molecule has 1 amide bonds. The van der Waals surface area contributed by atoms with Gasteiger partial charge in [0.05, 0.1) is 12.5 Å². The van der Waals surface area contributed by atoms with Gasteiger partial charge in [-0.2, -0.15) is 5.10 Å². The smallest absolute Gasteiger partial charge is 0.227 e. The summed E-state index contributed by atoms with van der Waals surface area (Å²) in [5.41, 5.74) is 0.711. The number of amides is 1. The second kappa shape index (κ2) is 6.03. The van der Waals surface area contributed by atoms with Crippen LogP contribution in [-0.2, 0) is 11.2 Å². The monoisotopic (exact) mass is 288 g/mol. The highest BCUT2D eigenvalue weighted by molar-refractivity contribution is 5.78. The molecule has 3 rings (SSSR count). The lowest BCUT2D eigenvalue weighted by Gasteiger charge is -2.32. The molecule has 1 aromatic carbocycles. The molecule has 6 heteroatoms. The Kier molecular flexibility index (Phi) is 3.94. The molecule has 1 aromatic heterocycles. The van der Waals surface area contributed by atoms with Gasteiger partial charge in [0, 0.05) is 13.1 Å². The molecular weight excluding hydrogens is 271 g/mol. The molecule has 110 valence electrons. The fraction of sp³-hybridized carbons (Fsp3) is 0.400. The molecule has 1 saturated heterocycles. The summed E-state index contributed by atoms with van der Waals surface area (Å²) >= 11 is 0. The minimum absolute atomic E-state index is 0.0328. The number of piperidine rings is 1. The van der Waals surface area contributed by atoms with Crippen molar-refractivity contribution in [2.24, 2.45) is 0 Å². The third-order valence-electron chi connectivity index (χ3n) is 3.80. The fourth-order valence-electron chi connectivity index (χ4n) is 2.74. The molecule has 1 unspecified atom stereocenters. The van der Waals surface area contributed by atoms with Crippen LogP contribution >= 0.6 is 0 Å². The summed E-state index contributed by atoms with van der Waals surface area (Å²) in [5, 5.41) is 4.15. The zero-order chi connectivity index (χ0) is 14.7. The molecule has 21 heavy (non-hydrogen) atoms. The molecule has 1 atom stereocenters. The number of likely N-dealkylation sites (tertiary alicyclic amines) is 1. The summed E-state index contributed by atoms with van der Waals surface area (Å²) in [4.78, 5) is 18.1. The number of carbonyl (C=O) groups is 1. The number of hydrogen-bond acceptors (Lipinski definition) is 3. The Morgan fingerprint density at radius 2 is 2.33 bits per heavy atom. The van der Waals surface area contributed by atoms with Crippen LogP contribution in [0.2, 0.25) is 0 Å². The fourth-order valence-corrected chi connectivity index (χ4v) is 2.74. The average molecular weight is 288 g/mol. The molecule has 1 fully saturated rings. The van der Waals surface area contributed by atoms with Crippen molar-refractivity contribution in [1.82, 2.24) is 19.7 Å². The summed E-state index contributed by atoms with van der Waals surface area (Å²) in [6.45, 7) is 1.39. The van der Waals surface area contributed by atoms with Crippen LogP contribution in [0, 0.1) is 5.82 Å². The third kappa shape index (κ3) is 3.26. The van der Waals surface area contributed by atoms with Crippen LogP contribution in [0.15, 0.2) is 36.9 Å². The van der Waals surface area contributed by atoms with Gasteiger partial charge in [-0.25, -0.2) is 14.1 Å². The molecule has 5 nitrogen and oxygen atoms in total. The minimum atomic E-state index is -0.306. The van der Waals surface area contributed by atoms with Crippen molar-refractivity contribution in [2.75, 3.05) is 13.1 Å². The highest BCUT2D eigenvalue weighted by atomic mass is 19.1. The lowest BCUT2D eigenvalue weighted by molar-refractivity contribution is -0.132. The Balaban J connectivity index is 1.64. The molecule has 0 spiro atoms. The maximum absolute atomic E-state index is 13.2. The van der Waals surface area contributed by atoms with E-state index in [1.54, 1.807) is 18.5 Å². The number of nitrogens with zero attached hydrogens (tertiary/aromatic N) is 4. The maximum atomic E-state index is 13.2. The van der Waals surface area contributed by atoms with E-state index in [2.05, 4.69) is 10.1 Å². The molecule has 0 radical (unpaired) electrons. The molecule has 2 heterocycles. The van der Waals surface area contributed by atoms with E-state index in [0.29, 0.717) is 12.1 Å². The first-order valence-electron chi connectivity index (χ1n) is 7.09. The van der Waals surface area contributed by atoms with Crippen LogP contribution < -0.4 is 0 Å². The van der Waals surface area contributed by atoms with E-state index in [0.717, 1.165) is 19.4 Å². The molecule has 2 aromatic rings. The Morgan fingerprint density at radius 3 is 3.10 bits per heavy atom. The van der Waals surface area contributed by atoms with Crippen LogP contribution in [0.4, 0.5) is 4.39 Å². The summed E-state index contributed by atoms with van der Waals surface area (Å²) in [5.74, 6) is -0.273. The van der Waals surface area contributed by atoms with Crippen LogP contribution in [0.5, 0.6) is 0 Å². The van der Waals surface area contributed by atoms with E-state index in [9.17, 15) is 9.18 Å². The third-order valence-corrected chi connectivity index (χ3v) is 3.80. The van der Waals surface area contributed by atoms with Gasteiger partial charge >= 0.3 is 0 Å². The predicted octanol–water partition coefficient (Wildman–Crippen LogP) is 1.82. The van der Waals surface area contributed by atoms with Crippen LogP contribution in [0.25, 0.3) is 0 Å². The van der Waals surface area contributed by atoms with Gasteiger partial charge < -0.3 is 4.90 Å². The van der Waals surface area contributed by atoms with Gasteiger partial charge in [0.25, 0.3) is 0 Å². The van der Waals surface area contributed by atoms with Crippen molar-refractivity contribution in [1.29, 1.82) is 0 Å². The topological polar surface area (TPSA) is 51.0 Å². The van der Waals surface area contributed by atoms with Crippen molar-refractivity contribution < 1.29 is 9.18 Å². The number of hydrogen-bond donors (Lipinski definition) is 0. The van der Waals surface area contributed by atoms with Crippen molar-refractivity contribution in [3.63, 3.8) is 0 Å². The number of aromatic nitrogens is 3. The van der Waals surface area contributed by atoms with Crippen molar-refractivity contribution in [3.8, 4) is 0 Å². The molecule has 0 N–H and O–H groups in total. The second-order valence-electron chi connectivity index (χ2n) is 5.32. The Morgan fingerprint density at radius 1 is 1.43 bits per heavy atom. The summed E-state index contributed by atoms with van der Waals surface area (Å²) < 4.78 is 15.0. The second-order valence-corrected chi connectivity index (χ2v) is 5.32. The minimum Gasteiger partial charge on any atom is -0.340 e. The van der Waals surface area contributed by atoms with E-state index in [4.69, 9.17) is 0 Å².